The highest BCUT2D eigenvalue weighted by atomic mass is 79.9. The summed E-state index contributed by atoms with van der Waals surface area (Å²) in [5.41, 5.74) is 0.860. The highest BCUT2D eigenvalue weighted by Crippen LogP contribution is 2.40. The Labute approximate surface area is 120 Å². The van der Waals surface area contributed by atoms with Crippen molar-refractivity contribution in [2.24, 2.45) is 5.41 Å². The second-order valence-corrected chi connectivity index (χ2v) is 8.83. The average molecular weight is 332 g/mol. The van der Waals surface area contributed by atoms with E-state index in [4.69, 9.17) is 9.16 Å². The van der Waals surface area contributed by atoms with Crippen LogP contribution in [-0.2, 0) is 4.43 Å². The number of nitrogens with zero attached hydrogens (tertiary/aromatic N) is 1. The minimum absolute atomic E-state index is 0.0155. The molecule has 0 aliphatic heterocycles. The fourth-order valence-electron chi connectivity index (χ4n) is 1.75. The molecule has 18 heavy (non-hydrogen) atoms. The van der Waals surface area contributed by atoms with E-state index in [1.54, 1.807) is 7.11 Å². The molecule has 0 aromatic carbocycles. The number of hydrogen-bond acceptors (Lipinski definition) is 3. The van der Waals surface area contributed by atoms with Gasteiger partial charge in [0.05, 0.1) is 13.2 Å². The molecule has 0 saturated heterocycles. The lowest BCUT2D eigenvalue weighted by Gasteiger charge is -2.33. The maximum absolute atomic E-state index is 6.17. The van der Waals surface area contributed by atoms with Crippen LogP contribution in [0.1, 0.15) is 32.6 Å². The Balaban J connectivity index is 3.23. The van der Waals surface area contributed by atoms with Gasteiger partial charge in [0, 0.05) is 0 Å². The summed E-state index contributed by atoms with van der Waals surface area (Å²) in [6.45, 7) is 10.8. The van der Waals surface area contributed by atoms with Crippen LogP contribution in [0, 0.1) is 5.41 Å². The molecule has 1 heterocycles. The van der Waals surface area contributed by atoms with Gasteiger partial charge >= 0.3 is 0 Å². The standard InChI is InChI=1S/C13H22BrNO2Si/c1-13(2,3)12(17-18(5)6)11-9(16-4)7-8-10(14)15-11/h7-8,12,18H,1-6H3. The Morgan fingerprint density at radius 3 is 2.33 bits per heavy atom. The summed E-state index contributed by atoms with van der Waals surface area (Å²) in [5.74, 6) is 0.785. The molecule has 0 amide bonds. The first-order valence-electron chi connectivity index (χ1n) is 6.11. The number of ether oxygens (including phenoxy) is 1. The predicted molar refractivity (Wildman–Crippen MR) is 80.6 cm³/mol. The van der Waals surface area contributed by atoms with Crippen LogP contribution >= 0.6 is 15.9 Å². The molecule has 0 saturated carbocycles. The Bertz CT molecular complexity index is 404. The van der Waals surface area contributed by atoms with Gasteiger partial charge < -0.3 is 9.16 Å². The summed E-state index contributed by atoms with van der Waals surface area (Å²) in [7, 11) is 0.511. The van der Waals surface area contributed by atoms with E-state index in [0.717, 1.165) is 16.0 Å². The molecule has 5 heteroatoms. The summed E-state index contributed by atoms with van der Waals surface area (Å²) >= 11 is 3.42. The van der Waals surface area contributed by atoms with Crippen LogP contribution in [0.5, 0.6) is 5.75 Å². The van der Waals surface area contributed by atoms with E-state index in [-0.39, 0.29) is 11.5 Å². The first-order valence-corrected chi connectivity index (χ1v) is 9.69. The first kappa shape index (κ1) is 15.7. The summed E-state index contributed by atoms with van der Waals surface area (Å²) in [5, 5.41) is 0. The van der Waals surface area contributed by atoms with Crippen LogP contribution in [0.4, 0.5) is 0 Å². The molecule has 1 aromatic rings. The maximum Gasteiger partial charge on any atom is 0.171 e. The van der Waals surface area contributed by atoms with Crippen molar-refractivity contribution >= 4 is 25.0 Å². The minimum Gasteiger partial charge on any atom is -0.495 e. The average Bonchev–Trinajstić information content (AvgIpc) is 2.24. The van der Waals surface area contributed by atoms with Crippen LogP contribution in [0.3, 0.4) is 0 Å². The monoisotopic (exact) mass is 331 g/mol. The molecule has 3 nitrogen and oxygen atoms in total. The molecule has 1 unspecified atom stereocenters. The van der Waals surface area contributed by atoms with Crippen molar-refractivity contribution in [1.82, 2.24) is 4.98 Å². The molecule has 1 aromatic heterocycles. The zero-order valence-corrected chi connectivity index (χ0v) is 14.7. The number of rotatable bonds is 4. The van der Waals surface area contributed by atoms with Crippen molar-refractivity contribution in [3.8, 4) is 5.75 Å². The van der Waals surface area contributed by atoms with E-state index >= 15 is 0 Å². The van der Waals surface area contributed by atoms with Crippen LogP contribution < -0.4 is 4.74 Å². The van der Waals surface area contributed by atoms with E-state index in [9.17, 15) is 0 Å². The minimum atomic E-state index is -1.16. The van der Waals surface area contributed by atoms with Crippen molar-refractivity contribution in [1.29, 1.82) is 0 Å². The molecule has 102 valence electrons. The maximum atomic E-state index is 6.17. The molecule has 0 fully saturated rings. The highest BCUT2D eigenvalue weighted by Gasteiger charge is 2.31. The lowest BCUT2D eigenvalue weighted by Crippen LogP contribution is -2.27. The Morgan fingerprint density at radius 2 is 1.89 bits per heavy atom. The van der Waals surface area contributed by atoms with Crippen LogP contribution in [0.15, 0.2) is 16.7 Å². The zero-order chi connectivity index (χ0) is 13.9. The Kier molecular flexibility index (Phi) is 5.37. The molecule has 1 atom stereocenters. The van der Waals surface area contributed by atoms with Gasteiger partial charge in [0.25, 0.3) is 0 Å². The van der Waals surface area contributed by atoms with Gasteiger partial charge in [0.1, 0.15) is 16.0 Å². The van der Waals surface area contributed by atoms with Crippen LogP contribution in [0.25, 0.3) is 0 Å². The highest BCUT2D eigenvalue weighted by molar-refractivity contribution is 9.10. The zero-order valence-electron chi connectivity index (χ0n) is 12.0. The van der Waals surface area contributed by atoms with Gasteiger partial charge in [0.2, 0.25) is 0 Å². The molecule has 0 N–H and O–H groups in total. The summed E-state index contributed by atoms with van der Waals surface area (Å²) < 4.78 is 12.4. The number of aromatic nitrogens is 1. The Morgan fingerprint density at radius 1 is 1.28 bits per heavy atom. The van der Waals surface area contributed by atoms with Crippen LogP contribution in [0.2, 0.25) is 13.1 Å². The quantitative estimate of drug-likeness (QED) is 0.618. The number of pyridine rings is 1. The molecular weight excluding hydrogens is 310 g/mol. The summed E-state index contributed by atoms with van der Waals surface area (Å²) in [6.07, 6.45) is -0.0448. The van der Waals surface area contributed by atoms with Gasteiger partial charge in [-0.15, -0.1) is 0 Å². The van der Waals surface area contributed by atoms with E-state index in [0.29, 0.717) is 0 Å². The lowest BCUT2D eigenvalue weighted by molar-refractivity contribution is 0.0798. The van der Waals surface area contributed by atoms with Crippen molar-refractivity contribution in [3.63, 3.8) is 0 Å². The molecule has 0 radical (unpaired) electrons. The van der Waals surface area contributed by atoms with E-state index in [2.05, 4.69) is 54.8 Å². The third-order valence-electron chi connectivity index (χ3n) is 2.52. The van der Waals surface area contributed by atoms with E-state index in [1.165, 1.54) is 0 Å². The van der Waals surface area contributed by atoms with Crippen molar-refractivity contribution in [2.75, 3.05) is 7.11 Å². The fraction of sp³-hybridized carbons (Fsp3) is 0.615. The molecule has 0 aliphatic carbocycles. The smallest absolute Gasteiger partial charge is 0.171 e. The lowest BCUT2D eigenvalue weighted by atomic mass is 9.87. The second kappa shape index (κ2) is 6.17. The van der Waals surface area contributed by atoms with Crippen molar-refractivity contribution in [2.45, 2.75) is 40.0 Å². The molecule has 0 spiro atoms. The van der Waals surface area contributed by atoms with Crippen molar-refractivity contribution in [3.05, 3.63) is 22.4 Å². The van der Waals surface area contributed by atoms with Crippen molar-refractivity contribution < 1.29 is 9.16 Å². The first-order chi connectivity index (χ1) is 8.25. The SMILES string of the molecule is COc1ccc(Br)nc1C(O[SiH](C)C)C(C)(C)C. The Hall–Kier alpha value is -0.393. The topological polar surface area (TPSA) is 31.4 Å². The van der Waals surface area contributed by atoms with Gasteiger partial charge in [-0.3, -0.25) is 0 Å². The molecular formula is C13H22BrNO2Si. The number of halogens is 1. The van der Waals surface area contributed by atoms with Crippen LogP contribution in [-0.4, -0.2) is 21.1 Å². The van der Waals surface area contributed by atoms with Gasteiger partial charge in [-0.05, 0) is 46.6 Å². The molecule has 1 rings (SSSR count). The number of methoxy groups -OCH3 is 1. The fourth-order valence-corrected chi connectivity index (χ4v) is 3.15. The summed E-state index contributed by atoms with van der Waals surface area (Å²) in [6, 6.07) is 3.81. The van der Waals surface area contributed by atoms with Gasteiger partial charge in [-0.25, -0.2) is 4.98 Å². The molecule has 0 bridgehead atoms. The molecule has 0 aliphatic rings. The van der Waals surface area contributed by atoms with E-state index < -0.39 is 9.04 Å². The van der Waals surface area contributed by atoms with Gasteiger partial charge in [-0.2, -0.15) is 0 Å². The third-order valence-corrected chi connectivity index (χ3v) is 3.77. The van der Waals surface area contributed by atoms with E-state index in [1.807, 2.05) is 12.1 Å². The third kappa shape index (κ3) is 4.07. The second-order valence-electron chi connectivity index (χ2n) is 5.65. The number of hydrogen-bond donors (Lipinski definition) is 0. The van der Waals surface area contributed by atoms with Gasteiger partial charge in [0.15, 0.2) is 9.04 Å². The summed E-state index contributed by atoms with van der Waals surface area (Å²) in [4.78, 5) is 4.55. The predicted octanol–water partition coefficient (Wildman–Crippen LogP) is 3.94. The normalized spacial score (nSPS) is 13.8. The largest absolute Gasteiger partial charge is 0.495 e. The van der Waals surface area contributed by atoms with Gasteiger partial charge in [-0.1, -0.05) is 20.8 Å².